The van der Waals surface area contributed by atoms with E-state index in [1.54, 1.807) is 13.1 Å². The van der Waals surface area contributed by atoms with Crippen LogP contribution in [0, 0.1) is 0 Å². The molecule has 1 aliphatic rings. The van der Waals surface area contributed by atoms with Gasteiger partial charge in [0.1, 0.15) is 11.2 Å². The fourth-order valence-corrected chi connectivity index (χ4v) is 2.77. The number of nitrogens with one attached hydrogen (secondary N) is 1. The molecule has 1 aromatic heterocycles. The predicted octanol–water partition coefficient (Wildman–Crippen LogP) is 1.50. The molecule has 0 radical (unpaired) electrons. The van der Waals surface area contributed by atoms with E-state index in [1.165, 1.54) is 4.68 Å². The van der Waals surface area contributed by atoms with Gasteiger partial charge in [0.2, 0.25) is 0 Å². The summed E-state index contributed by atoms with van der Waals surface area (Å²) in [6.07, 6.45) is 4.42. The predicted molar refractivity (Wildman–Crippen MR) is 73.5 cm³/mol. The van der Waals surface area contributed by atoms with E-state index in [4.69, 9.17) is 0 Å². The number of amides is 1. The van der Waals surface area contributed by atoms with Gasteiger partial charge in [-0.25, -0.2) is 4.79 Å². The molecule has 0 unspecified atom stereocenters. The Morgan fingerprint density at radius 3 is 2.65 bits per heavy atom. The Kier molecular flexibility index (Phi) is 4.11. The molecule has 1 aliphatic carbocycles. The van der Waals surface area contributed by atoms with Crippen molar-refractivity contribution in [2.24, 2.45) is 7.05 Å². The highest BCUT2D eigenvalue weighted by Crippen LogP contribution is 2.30. The number of carboxylic acids is 1. The average Bonchev–Trinajstić information content (AvgIpc) is 2.98. The first-order valence-electron chi connectivity index (χ1n) is 7.07. The zero-order valence-electron chi connectivity index (χ0n) is 12.0. The van der Waals surface area contributed by atoms with Crippen molar-refractivity contribution < 1.29 is 14.7 Å². The lowest BCUT2D eigenvalue weighted by atomic mass is 9.97. The van der Waals surface area contributed by atoms with Crippen molar-refractivity contribution in [3.05, 3.63) is 17.5 Å². The maximum atomic E-state index is 12.3. The van der Waals surface area contributed by atoms with Gasteiger partial charge in [-0.2, -0.15) is 5.10 Å². The molecule has 6 heteroatoms. The molecule has 2 N–H and O–H groups in total. The molecular weight excluding hydrogens is 258 g/mol. The Morgan fingerprint density at radius 2 is 2.10 bits per heavy atom. The monoisotopic (exact) mass is 279 g/mol. The molecule has 0 bridgehead atoms. The number of aliphatic carboxylic acids is 1. The molecular formula is C14H21N3O3. The molecule has 1 saturated carbocycles. The Balaban J connectivity index is 2.17. The summed E-state index contributed by atoms with van der Waals surface area (Å²) in [5.74, 6) is -1.30. The molecule has 1 aromatic rings. The molecule has 20 heavy (non-hydrogen) atoms. The number of rotatable bonds is 5. The first-order chi connectivity index (χ1) is 9.48. The van der Waals surface area contributed by atoms with E-state index < -0.39 is 11.5 Å². The number of nitrogens with zero attached hydrogens (tertiary/aromatic N) is 2. The second-order valence-corrected chi connectivity index (χ2v) is 5.44. The first-order valence-corrected chi connectivity index (χ1v) is 7.07. The Morgan fingerprint density at radius 1 is 1.45 bits per heavy atom. The van der Waals surface area contributed by atoms with Crippen LogP contribution in [0.3, 0.4) is 0 Å². The number of carboxylic acid groups (broad SMARTS) is 1. The highest BCUT2D eigenvalue weighted by molar-refractivity contribution is 5.96. The second kappa shape index (κ2) is 5.64. The average molecular weight is 279 g/mol. The minimum absolute atomic E-state index is 0.355. The van der Waals surface area contributed by atoms with Gasteiger partial charge in [0.05, 0.1) is 5.69 Å². The maximum absolute atomic E-state index is 12.3. The first kappa shape index (κ1) is 14.6. The number of hydrogen-bond donors (Lipinski definition) is 2. The van der Waals surface area contributed by atoms with E-state index in [1.807, 2.05) is 6.92 Å². The molecule has 1 heterocycles. The second-order valence-electron chi connectivity index (χ2n) is 5.44. The maximum Gasteiger partial charge on any atom is 0.329 e. The number of aryl methyl sites for hydroxylation is 2. The quantitative estimate of drug-likeness (QED) is 0.855. The summed E-state index contributed by atoms with van der Waals surface area (Å²) in [6.45, 7) is 2.05. The van der Waals surface area contributed by atoms with Crippen LogP contribution < -0.4 is 5.32 Å². The van der Waals surface area contributed by atoms with Crippen molar-refractivity contribution in [2.45, 2.75) is 51.0 Å². The molecule has 0 saturated heterocycles. The van der Waals surface area contributed by atoms with Gasteiger partial charge in [0, 0.05) is 7.05 Å². The van der Waals surface area contributed by atoms with Crippen LogP contribution in [0.2, 0.25) is 0 Å². The summed E-state index contributed by atoms with van der Waals surface area (Å²) < 4.78 is 1.52. The van der Waals surface area contributed by atoms with Gasteiger partial charge in [0.15, 0.2) is 0 Å². The van der Waals surface area contributed by atoms with Gasteiger partial charge in [-0.1, -0.05) is 26.2 Å². The van der Waals surface area contributed by atoms with E-state index in [2.05, 4.69) is 10.4 Å². The third-order valence-corrected chi connectivity index (χ3v) is 3.89. The Hall–Kier alpha value is -1.85. The van der Waals surface area contributed by atoms with Crippen LogP contribution >= 0.6 is 0 Å². The number of aromatic nitrogens is 2. The van der Waals surface area contributed by atoms with Crippen molar-refractivity contribution in [3.8, 4) is 0 Å². The molecule has 1 fully saturated rings. The lowest BCUT2D eigenvalue weighted by molar-refractivity contribution is -0.144. The highest BCUT2D eigenvalue weighted by atomic mass is 16.4. The summed E-state index contributed by atoms with van der Waals surface area (Å²) >= 11 is 0. The largest absolute Gasteiger partial charge is 0.480 e. The summed E-state index contributed by atoms with van der Waals surface area (Å²) in [7, 11) is 1.70. The molecule has 0 aliphatic heterocycles. The SMILES string of the molecule is CCCc1cc(C(=O)NC2(C(=O)O)CCCC2)n(C)n1. The van der Waals surface area contributed by atoms with Gasteiger partial charge in [-0.05, 0) is 25.3 Å². The standard InChI is InChI=1S/C14H21N3O3/c1-3-6-10-9-11(17(2)16-10)12(18)15-14(13(19)20)7-4-5-8-14/h9H,3-8H2,1-2H3,(H,15,18)(H,19,20). The highest BCUT2D eigenvalue weighted by Gasteiger charge is 2.43. The van der Waals surface area contributed by atoms with Crippen molar-refractivity contribution in [3.63, 3.8) is 0 Å². The van der Waals surface area contributed by atoms with Crippen LogP contribution in [0.5, 0.6) is 0 Å². The lowest BCUT2D eigenvalue weighted by Crippen LogP contribution is -2.52. The van der Waals surface area contributed by atoms with Gasteiger partial charge >= 0.3 is 5.97 Å². The number of carbonyl (C=O) groups is 2. The molecule has 0 atom stereocenters. The topological polar surface area (TPSA) is 84.2 Å². The summed E-state index contributed by atoms with van der Waals surface area (Å²) in [4.78, 5) is 23.8. The zero-order valence-corrected chi connectivity index (χ0v) is 12.0. The zero-order chi connectivity index (χ0) is 14.8. The third-order valence-electron chi connectivity index (χ3n) is 3.89. The van der Waals surface area contributed by atoms with Crippen LogP contribution in [0.1, 0.15) is 55.2 Å². The van der Waals surface area contributed by atoms with Gasteiger partial charge in [-0.15, -0.1) is 0 Å². The van der Waals surface area contributed by atoms with Crippen molar-refractivity contribution in [1.29, 1.82) is 0 Å². The smallest absolute Gasteiger partial charge is 0.329 e. The van der Waals surface area contributed by atoms with Crippen LogP contribution in [0.15, 0.2) is 6.07 Å². The minimum Gasteiger partial charge on any atom is -0.480 e. The van der Waals surface area contributed by atoms with Crippen molar-refractivity contribution in [2.75, 3.05) is 0 Å². The third kappa shape index (κ3) is 2.69. The van der Waals surface area contributed by atoms with E-state index in [9.17, 15) is 14.7 Å². The molecule has 1 amide bonds. The van der Waals surface area contributed by atoms with Crippen molar-refractivity contribution >= 4 is 11.9 Å². The van der Waals surface area contributed by atoms with Crippen LogP contribution in [0.4, 0.5) is 0 Å². The Bertz CT molecular complexity index is 516. The number of hydrogen-bond acceptors (Lipinski definition) is 3. The van der Waals surface area contributed by atoms with E-state index in [0.717, 1.165) is 31.4 Å². The van der Waals surface area contributed by atoms with Crippen molar-refractivity contribution in [1.82, 2.24) is 15.1 Å². The molecule has 6 nitrogen and oxygen atoms in total. The van der Waals surface area contributed by atoms with Gasteiger partial charge in [0.25, 0.3) is 5.91 Å². The summed E-state index contributed by atoms with van der Waals surface area (Å²) in [5.41, 5.74) is 0.170. The number of carbonyl (C=O) groups excluding carboxylic acids is 1. The van der Waals surface area contributed by atoms with E-state index in [-0.39, 0.29) is 5.91 Å². The van der Waals surface area contributed by atoms with E-state index >= 15 is 0 Å². The fourth-order valence-electron chi connectivity index (χ4n) is 2.77. The van der Waals surface area contributed by atoms with Crippen LogP contribution in [-0.2, 0) is 18.3 Å². The summed E-state index contributed by atoms with van der Waals surface area (Å²) in [6, 6.07) is 1.74. The van der Waals surface area contributed by atoms with Gasteiger partial charge in [-0.3, -0.25) is 9.48 Å². The normalized spacial score (nSPS) is 17.1. The Labute approximate surface area is 118 Å². The minimum atomic E-state index is -1.10. The molecule has 2 rings (SSSR count). The van der Waals surface area contributed by atoms with Crippen LogP contribution in [0.25, 0.3) is 0 Å². The molecule has 110 valence electrons. The lowest BCUT2D eigenvalue weighted by Gasteiger charge is -2.25. The fraction of sp³-hybridized carbons (Fsp3) is 0.643. The summed E-state index contributed by atoms with van der Waals surface area (Å²) in [5, 5.41) is 16.4. The van der Waals surface area contributed by atoms with Gasteiger partial charge < -0.3 is 10.4 Å². The molecule has 0 spiro atoms. The van der Waals surface area contributed by atoms with Crippen LogP contribution in [-0.4, -0.2) is 32.3 Å². The van der Waals surface area contributed by atoms with E-state index in [0.29, 0.717) is 18.5 Å². The molecule has 0 aromatic carbocycles.